The van der Waals surface area contributed by atoms with Gasteiger partial charge in [-0.15, -0.1) is 0 Å². The largest absolute Gasteiger partial charge is 0.482 e. The van der Waals surface area contributed by atoms with Crippen LogP contribution in [-0.4, -0.2) is 29.2 Å². The van der Waals surface area contributed by atoms with E-state index in [9.17, 15) is 14.9 Å². The van der Waals surface area contributed by atoms with Gasteiger partial charge in [-0.2, -0.15) is 0 Å². The van der Waals surface area contributed by atoms with Crippen molar-refractivity contribution in [1.29, 1.82) is 0 Å². The van der Waals surface area contributed by atoms with E-state index in [-0.39, 0.29) is 6.54 Å². The molecule has 0 amide bonds. The summed E-state index contributed by atoms with van der Waals surface area (Å²) in [5.74, 6) is -0.598. The van der Waals surface area contributed by atoms with Crippen LogP contribution in [0.4, 0.5) is 0 Å². The zero-order valence-electron chi connectivity index (χ0n) is 8.91. The fourth-order valence-corrected chi connectivity index (χ4v) is 1.10. The molecule has 0 aromatic heterocycles. The molecule has 1 aromatic rings. The first kappa shape index (κ1) is 12.7. The Morgan fingerprint density at radius 1 is 1.41 bits per heavy atom. The lowest BCUT2D eigenvalue weighted by Crippen LogP contribution is -2.09. The number of nitrogens with zero attached hydrogens (tertiary/aromatic N) is 1. The molecule has 1 rings (SSSR count). The number of carboxylic acids is 1. The fraction of sp³-hybridized carbons (Fsp3) is 0.182. The molecule has 17 heavy (non-hydrogen) atoms. The van der Waals surface area contributed by atoms with Crippen molar-refractivity contribution in [2.75, 3.05) is 13.2 Å². The van der Waals surface area contributed by atoms with Crippen molar-refractivity contribution in [3.05, 3.63) is 46.0 Å². The van der Waals surface area contributed by atoms with Gasteiger partial charge in [0, 0.05) is 4.92 Å². The molecular weight excluding hydrogens is 226 g/mol. The number of hydrogen-bond acceptors (Lipinski definition) is 4. The Hall–Kier alpha value is -2.37. The Kier molecular flexibility index (Phi) is 4.68. The third kappa shape index (κ3) is 5.31. The molecule has 0 radical (unpaired) electrons. The molecule has 90 valence electrons. The molecule has 0 spiro atoms. The van der Waals surface area contributed by atoms with E-state index in [0.29, 0.717) is 5.75 Å². The van der Waals surface area contributed by atoms with Crippen LogP contribution in [-0.2, 0) is 4.79 Å². The molecule has 0 unspecified atom stereocenters. The average Bonchev–Trinajstić information content (AvgIpc) is 2.27. The minimum Gasteiger partial charge on any atom is -0.482 e. The third-order valence-corrected chi connectivity index (χ3v) is 1.81. The second-order valence-electron chi connectivity index (χ2n) is 3.17. The van der Waals surface area contributed by atoms with E-state index in [1.165, 1.54) is 6.08 Å². The predicted octanol–water partition coefficient (Wildman–Crippen LogP) is 1.44. The predicted molar refractivity (Wildman–Crippen MR) is 60.5 cm³/mol. The van der Waals surface area contributed by atoms with Gasteiger partial charge in [0.15, 0.2) is 6.61 Å². The molecule has 0 aliphatic rings. The average molecular weight is 237 g/mol. The Morgan fingerprint density at radius 3 is 2.59 bits per heavy atom. The Labute approximate surface area is 97.3 Å². The first-order valence-corrected chi connectivity index (χ1v) is 4.81. The van der Waals surface area contributed by atoms with Gasteiger partial charge in [0.2, 0.25) is 6.54 Å². The van der Waals surface area contributed by atoms with Crippen LogP contribution in [0, 0.1) is 10.1 Å². The molecule has 6 heteroatoms. The van der Waals surface area contributed by atoms with Crippen LogP contribution in [0.5, 0.6) is 5.75 Å². The number of nitro groups is 1. The second-order valence-corrected chi connectivity index (χ2v) is 3.17. The van der Waals surface area contributed by atoms with E-state index in [0.717, 1.165) is 5.56 Å². The lowest BCUT2D eigenvalue weighted by atomic mass is 10.2. The zero-order valence-corrected chi connectivity index (χ0v) is 8.91. The number of carboxylic acid groups (broad SMARTS) is 1. The van der Waals surface area contributed by atoms with Gasteiger partial charge >= 0.3 is 5.97 Å². The summed E-state index contributed by atoms with van der Waals surface area (Å²) in [6, 6.07) is 6.59. The summed E-state index contributed by atoms with van der Waals surface area (Å²) < 4.78 is 4.93. The summed E-state index contributed by atoms with van der Waals surface area (Å²) in [4.78, 5) is 19.9. The summed E-state index contributed by atoms with van der Waals surface area (Å²) in [5, 5.41) is 18.5. The molecule has 1 N–H and O–H groups in total. The topological polar surface area (TPSA) is 89.7 Å². The number of ether oxygens (including phenoxy) is 1. The van der Waals surface area contributed by atoms with Gasteiger partial charge in [-0.1, -0.05) is 18.2 Å². The van der Waals surface area contributed by atoms with E-state index < -0.39 is 17.5 Å². The molecule has 6 nitrogen and oxygen atoms in total. The number of benzene rings is 1. The summed E-state index contributed by atoms with van der Waals surface area (Å²) in [6.45, 7) is -0.617. The van der Waals surface area contributed by atoms with E-state index >= 15 is 0 Å². The molecule has 0 fully saturated rings. The van der Waals surface area contributed by atoms with Gasteiger partial charge in [0.25, 0.3) is 0 Å². The summed E-state index contributed by atoms with van der Waals surface area (Å²) in [5.41, 5.74) is 0.787. The molecule has 0 saturated heterocycles. The van der Waals surface area contributed by atoms with Gasteiger partial charge in [-0.25, -0.2) is 4.79 Å². The number of aliphatic carboxylic acids is 1. The highest BCUT2D eigenvalue weighted by atomic mass is 16.6. The maximum Gasteiger partial charge on any atom is 0.341 e. The summed E-state index contributed by atoms with van der Waals surface area (Å²) in [7, 11) is 0. The molecule has 1 aromatic carbocycles. The van der Waals surface area contributed by atoms with Crippen LogP contribution in [0.25, 0.3) is 6.08 Å². The smallest absolute Gasteiger partial charge is 0.341 e. The molecule has 0 aliphatic carbocycles. The molecule has 0 bridgehead atoms. The number of rotatable bonds is 6. The molecule has 0 aliphatic heterocycles. The maximum absolute atomic E-state index is 10.2. The van der Waals surface area contributed by atoms with Crippen LogP contribution >= 0.6 is 0 Å². The number of hydrogen-bond donors (Lipinski definition) is 1. The van der Waals surface area contributed by atoms with E-state index in [4.69, 9.17) is 9.84 Å². The highest BCUT2D eigenvalue weighted by Gasteiger charge is 1.98. The second kappa shape index (κ2) is 6.26. The fourth-order valence-electron chi connectivity index (χ4n) is 1.10. The first-order chi connectivity index (χ1) is 8.08. The molecule has 0 atom stereocenters. The Morgan fingerprint density at radius 2 is 2.06 bits per heavy atom. The van der Waals surface area contributed by atoms with Crippen LogP contribution in [0.2, 0.25) is 0 Å². The van der Waals surface area contributed by atoms with Crippen LogP contribution in [0.1, 0.15) is 5.56 Å². The standard InChI is InChI=1S/C11H11NO5/c13-11(14)8-17-10-5-3-9(4-6-10)2-1-7-12(15)16/h1-6H,7-8H2,(H,13,14). The third-order valence-electron chi connectivity index (χ3n) is 1.81. The van der Waals surface area contributed by atoms with Crippen molar-refractivity contribution < 1.29 is 19.6 Å². The Balaban J connectivity index is 2.52. The van der Waals surface area contributed by atoms with Crippen molar-refractivity contribution in [3.63, 3.8) is 0 Å². The van der Waals surface area contributed by atoms with Crippen molar-refractivity contribution in [3.8, 4) is 5.75 Å². The van der Waals surface area contributed by atoms with E-state index in [1.54, 1.807) is 30.3 Å². The molecular formula is C11H11NO5. The highest BCUT2D eigenvalue weighted by molar-refractivity contribution is 5.68. The first-order valence-electron chi connectivity index (χ1n) is 4.81. The monoisotopic (exact) mass is 237 g/mol. The van der Waals surface area contributed by atoms with Crippen molar-refractivity contribution in [1.82, 2.24) is 0 Å². The van der Waals surface area contributed by atoms with Crippen molar-refractivity contribution in [2.24, 2.45) is 0 Å². The SMILES string of the molecule is O=C(O)COc1ccc(C=CC[N+](=O)[O-])cc1. The zero-order chi connectivity index (χ0) is 12.7. The van der Waals surface area contributed by atoms with E-state index in [2.05, 4.69) is 0 Å². The quantitative estimate of drug-likeness (QED) is 0.597. The minimum absolute atomic E-state index is 0.225. The van der Waals surface area contributed by atoms with Crippen LogP contribution < -0.4 is 4.74 Å². The highest BCUT2D eigenvalue weighted by Crippen LogP contribution is 2.12. The lowest BCUT2D eigenvalue weighted by molar-refractivity contribution is -0.468. The van der Waals surface area contributed by atoms with E-state index in [1.807, 2.05) is 0 Å². The number of carbonyl (C=O) groups is 1. The Bertz CT molecular complexity index is 424. The van der Waals surface area contributed by atoms with Gasteiger partial charge in [-0.05, 0) is 23.8 Å². The molecule has 0 saturated carbocycles. The van der Waals surface area contributed by atoms with Crippen molar-refractivity contribution in [2.45, 2.75) is 0 Å². The normalized spacial score (nSPS) is 10.4. The maximum atomic E-state index is 10.2. The van der Waals surface area contributed by atoms with Crippen LogP contribution in [0.15, 0.2) is 30.3 Å². The van der Waals surface area contributed by atoms with Crippen molar-refractivity contribution >= 4 is 12.0 Å². The molecule has 0 heterocycles. The lowest BCUT2D eigenvalue weighted by Gasteiger charge is -2.02. The van der Waals surface area contributed by atoms with Gasteiger partial charge in [0.05, 0.1) is 0 Å². The summed E-state index contributed by atoms with van der Waals surface area (Å²) in [6.07, 6.45) is 3.05. The summed E-state index contributed by atoms with van der Waals surface area (Å²) >= 11 is 0. The van der Waals surface area contributed by atoms with Gasteiger partial charge < -0.3 is 9.84 Å². The minimum atomic E-state index is -1.04. The van der Waals surface area contributed by atoms with Gasteiger partial charge in [0.1, 0.15) is 5.75 Å². The van der Waals surface area contributed by atoms with Gasteiger partial charge in [-0.3, -0.25) is 10.1 Å². The van der Waals surface area contributed by atoms with Crippen LogP contribution in [0.3, 0.4) is 0 Å².